The van der Waals surface area contributed by atoms with Gasteiger partial charge in [-0.05, 0) is 35.8 Å². The van der Waals surface area contributed by atoms with E-state index in [-0.39, 0.29) is 11.9 Å². The Morgan fingerprint density at radius 3 is 3.16 bits per heavy atom. The smallest absolute Gasteiger partial charge is 0.258 e. The average Bonchev–Trinajstić information content (AvgIpc) is 2.41. The molecule has 104 valence electrons. The van der Waals surface area contributed by atoms with Crippen LogP contribution in [0.25, 0.3) is 0 Å². The van der Waals surface area contributed by atoms with E-state index in [0.29, 0.717) is 31.1 Å². The van der Waals surface area contributed by atoms with Gasteiger partial charge in [0.1, 0.15) is 5.82 Å². The zero-order valence-corrected chi connectivity index (χ0v) is 12.7. The molecule has 1 aromatic heterocycles. The fourth-order valence-electron chi connectivity index (χ4n) is 2.09. The van der Waals surface area contributed by atoms with E-state index in [4.69, 9.17) is 4.74 Å². The van der Waals surface area contributed by atoms with Crippen molar-refractivity contribution in [1.29, 1.82) is 0 Å². The number of carbonyl (C=O) groups is 1. The monoisotopic (exact) mass is 327 g/mol. The second-order valence-corrected chi connectivity index (χ2v) is 5.42. The van der Waals surface area contributed by atoms with Crippen molar-refractivity contribution < 1.29 is 9.53 Å². The first-order chi connectivity index (χ1) is 9.13. The minimum atomic E-state index is 0.000509. The van der Waals surface area contributed by atoms with Crippen molar-refractivity contribution in [2.45, 2.75) is 19.9 Å². The van der Waals surface area contributed by atoms with Gasteiger partial charge in [0.05, 0.1) is 24.8 Å². The molecule has 0 aromatic carbocycles. The highest BCUT2D eigenvalue weighted by Crippen LogP contribution is 2.21. The molecule has 1 aliphatic rings. The van der Waals surface area contributed by atoms with Gasteiger partial charge in [-0.3, -0.25) is 4.79 Å². The molecule has 1 saturated heterocycles. The molecule has 2 heterocycles. The topological polar surface area (TPSA) is 54.5 Å². The zero-order valence-electron chi connectivity index (χ0n) is 11.1. The first kappa shape index (κ1) is 14.3. The number of rotatable bonds is 3. The van der Waals surface area contributed by atoms with Gasteiger partial charge in [-0.1, -0.05) is 0 Å². The van der Waals surface area contributed by atoms with E-state index in [1.54, 1.807) is 6.20 Å². The summed E-state index contributed by atoms with van der Waals surface area (Å²) < 4.78 is 6.17. The van der Waals surface area contributed by atoms with Crippen LogP contribution in [0.5, 0.6) is 0 Å². The van der Waals surface area contributed by atoms with E-state index in [0.717, 1.165) is 11.0 Å². The molecule has 19 heavy (non-hydrogen) atoms. The van der Waals surface area contributed by atoms with E-state index >= 15 is 0 Å². The summed E-state index contributed by atoms with van der Waals surface area (Å²) in [6.45, 7) is 6.51. The van der Waals surface area contributed by atoms with Crippen LogP contribution < -0.4 is 5.32 Å². The lowest BCUT2D eigenvalue weighted by atomic mass is 10.1. The molecule has 0 bridgehead atoms. The second kappa shape index (κ2) is 6.34. The number of anilines is 1. The van der Waals surface area contributed by atoms with Crippen LogP contribution in [0.3, 0.4) is 0 Å². The summed E-state index contributed by atoms with van der Waals surface area (Å²) in [5.41, 5.74) is 0.602. The Labute approximate surface area is 121 Å². The maximum Gasteiger partial charge on any atom is 0.258 e. The second-order valence-electron chi connectivity index (χ2n) is 4.50. The van der Waals surface area contributed by atoms with Crippen LogP contribution in [0, 0.1) is 0 Å². The van der Waals surface area contributed by atoms with E-state index in [1.165, 1.54) is 0 Å². The summed E-state index contributed by atoms with van der Waals surface area (Å²) in [5.74, 6) is 0.634. The molecular formula is C13H18BrN3O2. The lowest BCUT2D eigenvalue weighted by molar-refractivity contribution is 0.00362. The van der Waals surface area contributed by atoms with Crippen LogP contribution in [0.2, 0.25) is 0 Å². The average molecular weight is 328 g/mol. The number of nitrogens with one attached hydrogen (secondary N) is 1. The highest BCUT2D eigenvalue weighted by atomic mass is 79.9. The van der Waals surface area contributed by atoms with E-state index in [9.17, 15) is 4.79 Å². The van der Waals surface area contributed by atoms with E-state index in [2.05, 4.69) is 26.2 Å². The van der Waals surface area contributed by atoms with Crippen LogP contribution in [-0.2, 0) is 4.74 Å². The minimum absolute atomic E-state index is 0.000509. The molecule has 1 aromatic rings. The van der Waals surface area contributed by atoms with Crippen molar-refractivity contribution in [3.63, 3.8) is 0 Å². The Morgan fingerprint density at radius 2 is 2.47 bits per heavy atom. The summed E-state index contributed by atoms with van der Waals surface area (Å²) in [7, 11) is 0. The molecule has 6 heteroatoms. The van der Waals surface area contributed by atoms with Crippen LogP contribution in [-0.4, -0.2) is 48.1 Å². The van der Waals surface area contributed by atoms with Crippen molar-refractivity contribution >= 4 is 27.7 Å². The molecule has 1 aliphatic heterocycles. The van der Waals surface area contributed by atoms with Crippen LogP contribution in [0.4, 0.5) is 5.82 Å². The molecule has 1 atom stereocenters. The SMILES string of the molecule is CCNc1ncc(Br)cc1C(=O)N1CCOCC1C. The molecule has 5 nitrogen and oxygen atoms in total. The number of amides is 1. The number of ether oxygens (including phenoxy) is 1. The Morgan fingerprint density at radius 1 is 1.68 bits per heavy atom. The first-order valence-corrected chi connectivity index (χ1v) is 7.21. The van der Waals surface area contributed by atoms with Crippen molar-refractivity contribution in [3.05, 3.63) is 22.3 Å². The number of pyridine rings is 1. The van der Waals surface area contributed by atoms with Gasteiger partial charge < -0.3 is 15.0 Å². The molecule has 0 spiro atoms. The van der Waals surface area contributed by atoms with Gasteiger partial charge in [-0.25, -0.2) is 4.98 Å². The van der Waals surface area contributed by atoms with E-state index in [1.807, 2.05) is 24.8 Å². The molecule has 2 rings (SSSR count). The number of hydrogen-bond donors (Lipinski definition) is 1. The van der Waals surface area contributed by atoms with Gasteiger partial charge in [0, 0.05) is 23.8 Å². The number of aromatic nitrogens is 1. The predicted octanol–water partition coefficient (Wildman–Crippen LogP) is 2.14. The highest BCUT2D eigenvalue weighted by molar-refractivity contribution is 9.10. The van der Waals surface area contributed by atoms with Gasteiger partial charge >= 0.3 is 0 Å². The Balaban J connectivity index is 2.28. The van der Waals surface area contributed by atoms with Gasteiger partial charge in [0.15, 0.2) is 0 Å². The van der Waals surface area contributed by atoms with Crippen molar-refractivity contribution in [3.8, 4) is 0 Å². The number of morpholine rings is 1. The van der Waals surface area contributed by atoms with Crippen molar-refractivity contribution in [1.82, 2.24) is 9.88 Å². The standard InChI is InChI=1S/C13H18BrN3O2/c1-3-15-12-11(6-10(14)7-16-12)13(18)17-4-5-19-8-9(17)2/h6-7,9H,3-5,8H2,1-2H3,(H,15,16). The quantitative estimate of drug-likeness (QED) is 0.924. The van der Waals surface area contributed by atoms with Crippen molar-refractivity contribution in [2.75, 3.05) is 31.6 Å². The molecule has 0 radical (unpaired) electrons. The molecule has 0 saturated carbocycles. The summed E-state index contributed by atoms with van der Waals surface area (Å²) >= 11 is 3.37. The summed E-state index contributed by atoms with van der Waals surface area (Å²) in [4.78, 5) is 18.7. The maximum atomic E-state index is 12.6. The Bertz CT molecular complexity index is 467. The third-order valence-electron chi connectivity index (χ3n) is 3.06. The lowest BCUT2D eigenvalue weighted by Gasteiger charge is -2.33. The van der Waals surface area contributed by atoms with Gasteiger partial charge in [0.25, 0.3) is 5.91 Å². The maximum absolute atomic E-state index is 12.6. The summed E-state index contributed by atoms with van der Waals surface area (Å²) in [6, 6.07) is 1.91. The lowest BCUT2D eigenvalue weighted by Crippen LogP contribution is -2.47. The highest BCUT2D eigenvalue weighted by Gasteiger charge is 2.26. The van der Waals surface area contributed by atoms with Crippen LogP contribution in [0.15, 0.2) is 16.7 Å². The third-order valence-corrected chi connectivity index (χ3v) is 3.49. The van der Waals surface area contributed by atoms with Gasteiger partial charge in [-0.15, -0.1) is 0 Å². The number of hydrogen-bond acceptors (Lipinski definition) is 4. The van der Waals surface area contributed by atoms with E-state index < -0.39 is 0 Å². The predicted molar refractivity (Wildman–Crippen MR) is 77.4 cm³/mol. The minimum Gasteiger partial charge on any atom is -0.377 e. The normalized spacial score (nSPS) is 19.3. The zero-order chi connectivity index (χ0) is 13.8. The largest absolute Gasteiger partial charge is 0.377 e. The molecule has 1 amide bonds. The van der Waals surface area contributed by atoms with Crippen molar-refractivity contribution in [2.24, 2.45) is 0 Å². The number of nitrogens with zero attached hydrogens (tertiary/aromatic N) is 2. The molecule has 0 aliphatic carbocycles. The van der Waals surface area contributed by atoms with Crippen LogP contribution >= 0.6 is 15.9 Å². The number of halogens is 1. The summed E-state index contributed by atoms with van der Waals surface area (Å²) in [6.07, 6.45) is 1.69. The Hall–Kier alpha value is -1.14. The first-order valence-electron chi connectivity index (χ1n) is 6.41. The molecule has 1 fully saturated rings. The Kier molecular flexibility index (Phi) is 4.76. The van der Waals surface area contributed by atoms with Gasteiger partial charge in [-0.2, -0.15) is 0 Å². The molecule has 1 N–H and O–H groups in total. The summed E-state index contributed by atoms with van der Waals surface area (Å²) in [5, 5.41) is 3.13. The number of carbonyl (C=O) groups excluding carboxylic acids is 1. The third kappa shape index (κ3) is 3.25. The molecular weight excluding hydrogens is 310 g/mol. The fourth-order valence-corrected chi connectivity index (χ4v) is 2.43. The van der Waals surface area contributed by atoms with Gasteiger partial charge in [0.2, 0.25) is 0 Å². The fraction of sp³-hybridized carbons (Fsp3) is 0.538. The molecule has 1 unspecified atom stereocenters. The van der Waals surface area contributed by atoms with Crippen LogP contribution in [0.1, 0.15) is 24.2 Å².